The summed E-state index contributed by atoms with van der Waals surface area (Å²) < 4.78 is 0. The van der Waals surface area contributed by atoms with Crippen LogP contribution in [0.2, 0.25) is 10.0 Å². The Balaban J connectivity index is 2.69. The predicted octanol–water partition coefficient (Wildman–Crippen LogP) is 2.36. The molecule has 0 saturated heterocycles. The molecule has 2 nitrogen and oxygen atoms in total. The van der Waals surface area contributed by atoms with E-state index in [9.17, 15) is 0 Å². The van der Waals surface area contributed by atoms with Gasteiger partial charge in [0.1, 0.15) is 0 Å². The van der Waals surface area contributed by atoms with Gasteiger partial charge in [-0.3, -0.25) is 0 Å². The number of nitrogens with one attached hydrogen (secondary N) is 1. The topological polar surface area (TPSA) is 38.0 Å². The van der Waals surface area contributed by atoms with Crippen molar-refractivity contribution in [2.75, 3.05) is 18.4 Å². The number of anilines is 1. The minimum Gasteiger partial charge on any atom is -0.384 e. The van der Waals surface area contributed by atoms with Crippen LogP contribution in [0.3, 0.4) is 0 Å². The van der Waals surface area contributed by atoms with Crippen LogP contribution in [0.5, 0.6) is 0 Å². The van der Waals surface area contributed by atoms with Gasteiger partial charge in [-0.05, 0) is 18.2 Å². The minimum atomic E-state index is 0.554. The molecular weight excluding hydrogens is 195 g/mol. The van der Waals surface area contributed by atoms with Crippen molar-refractivity contribution in [3.8, 4) is 0 Å². The highest BCUT2D eigenvalue weighted by Crippen LogP contribution is 2.24. The van der Waals surface area contributed by atoms with E-state index in [2.05, 4.69) is 5.32 Å². The molecule has 1 aromatic rings. The van der Waals surface area contributed by atoms with E-state index in [1.54, 1.807) is 12.1 Å². The summed E-state index contributed by atoms with van der Waals surface area (Å²) >= 11 is 11.5. The van der Waals surface area contributed by atoms with Crippen LogP contribution in [0, 0.1) is 0 Å². The average molecular weight is 205 g/mol. The number of halogens is 2. The molecule has 66 valence electrons. The molecule has 0 unspecified atom stereocenters. The van der Waals surface area contributed by atoms with Gasteiger partial charge in [-0.2, -0.15) is 0 Å². The molecule has 0 fully saturated rings. The van der Waals surface area contributed by atoms with Gasteiger partial charge in [-0.1, -0.05) is 23.2 Å². The van der Waals surface area contributed by atoms with Crippen LogP contribution < -0.4 is 11.1 Å². The summed E-state index contributed by atoms with van der Waals surface area (Å²) in [4.78, 5) is 0. The fraction of sp³-hybridized carbons (Fsp3) is 0.250. The molecule has 1 aromatic carbocycles. The summed E-state index contributed by atoms with van der Waals surface area (Å²) in [6, 6.07) is 5.40. The minimum absolute atomic E-state index is 0.554. The van der Waals surface area contributed by atoms with E-state index in [0.717, 1.165) is 12.2 Å². The molecule has 4 heteroatoms. The molecule has 3 N–H and O–H groups in total. The van der Waals surface area contributed by atoms with E-state index >= 15 is 0 Å². The highest BCUT2D eigenvalue weighted by atomic mass is 35.5. The summed E-state index contributed by atoms with van der Waals surface area (Å²) in [6.07, 6.45) is 0. The van der Waals surface area contributed by atoms with Gasteiger partial charge in [-0.15, -0.1) is 0 Å². The first-order valence-electron chi connectivity index (χ1n) is 3.63. The number of rotatable bonds is 3. The number of nitrogens with two attached hydrogens (primary N) is 1. The van der Waals surface area contributed by atoms with E-state index in [4.69, 9.17) is 28.9 Å². The maximum atomic E-state index is 5.79. The SMILES string of the molecule is NCCNc1ccc(Cl)c(Cl)c1. The molecule has 0 aromatic heterocycles. The van der Waals surface area contributed by atoms with Crippen molar-refractivity contribution in [1.29, 1.82) is 0 Å². The number of hydrogen-bond acceptors (Lipinski definition) is 2. The van der Waals surface area contributed by atoms with E-state index < -0.39 is 0 Å². The monoisotopic (exact) mass is 204 g/mol. The first-order chi connectivity index (χ1) is 5.74. The van der Waals surface area contributed by atoms with E-state index in [1.807, 2.05) is 6.07 Å². The van der Waals surface area contributed by atoms with Gasteiger partial charge in [0.05, 0.1) is 10.0 Å². The Morgan fingerprint density at radius 3 is 2.58 bits per heavy atom. The van der Waals surface area contributed by atoms with Crippen LogP contribution >= 0.6 is 23.2 Å². The summed E-state index contributed by atoms with van der Waals surface area (Å²) in [5.41, 5.74) is 6.26. The quantitative estimate of drug-likeness (QED) is 0.794. The van der Waals surface area contributed by atoms with Gasteiger partial charge in [-0.25, -0.2) is 0 Å². The zero-order valence-corrected chi connectivity index (χ0v) is 7.99. The third kappa shape index (κ3) is 2.55. The Morgan fingerprint density at radius 2 is 2.00 bits per heavy atom. The van der Waals surface area contributed by atoms with Crippen molar-refractivity contribution in [1.82, 2.24) is 0 Å². The Kier molecular flexibility index (Phi) is 3.66. The molecule has 0 aliphatic carbocycles. The van der Waals surface area contributed by atoms with Crippen LogP contribution in [0.15, 0.2) is 18.2 Å². The predicted molar refractivity (Wildman–Crippen MR) is 54.0 cm³/mol. The Bertz CT molecular complexity index is 263. The molecule has 0 saturated carbocycles. The van der Waals surface area contributed by atoms with Crippen molar-refractivity contribution < 1.29 is 0 Å². The average Bonchev–Trinajstić information content (AvgIpc) is 2.07. The molecule has 0 aliphatic rings. The number of hydrogen-bond donors (Lipinski definition) is 2. The summed E-state index contributed by atoms with van der Waals surface area (Å²) in [6.45, 7) is 1.33. The first kappa shape index (κ1) is 9.65. The lowest BCUT2D eigenvalue weighted by atomic mass is 10.3. The van der Waals surface area contributed by atoms with Gasteiger partial charge < -0.3 is 11.1 Å². The molecule has 0 heterocycles. The lowest BCUT2D eigenvalue weighted by molar-refractivity contribution is 1.02. The third-order valence-electron chi connectivity index (χ3n) is 1.39. The summed E-state index contributed by atoms with van der Waals surface area (Å²) in [5, 5.41) is 4.21. The molecule has 1 rings (SSSR count). The van der Waals surface area contributed by atoms with Gasteiger partial charge in [0.2, 0.25) is 0 Å². The largest absolute Gasteiger partial charge is 0.384 e. The molecule has 0 spiro atoms. The smallest absolute Gasteiger partial charge is 0.0612 e. The normalized spacial score (nSPS) is 9.92. The first-order valence-corrected chi connectivity index (χ1v) is 4.38. The van der Waals surface area contributed by atoms with Crippen molar-refractivity contribution in [3.05, 3.63) is 28.2 Å². The second-order valence-electron chi connectivity index (χ2n) is 2.34. The molecule has 0 aliphatic heterocycles. The molecule has 12 heavy (non-hydrogen) atoms. The van der Waals surface area contributed by atoms with Gasteiger partial charge >= 0.3 is 0 Å². The van der Waals surface area contributed by atoms with Crippen molar-refractivity contribution in [3.63, 3.8) is 0 Å². The highest BCUT2D eigenvalue weighted by Gasteiger charge is 1.97. The van der Waals surface area contributed by atoms with Crippen LogP contribution in [0.1, 0.15) is 0 Å². The van der Waals surface area contributed by atoms with Crippen LogP contribution in [-0.4, -0.2) is 13.1 Å². The summed E-state index contributed by atoms with van der Waals surface area (Å²) in [5.74, 6) is 0. The van der Waals surface area contributed by atoms with E-state index in [-0.39, 0.29) is 0 Å². The van der Waals surface area contributed by atoms with Crippen LogP contribution in [0.25, 0.3) is 0 Å². The van der Waals surface area contributed by atoms with Crippen LogP contribution in [-0.2, 0) is 0 Å². The van der Waals surface area contributed by atoms with Crippen molar-refractivity contribution in [2.24, 2.45) is 5.73 Å². The van der Waals surface area contributed by atoms with Gasteiger partial charge in [0, 0.05) is 18.8 Å². The molecular formula is C8H10Cl2N2. The molecule has 0 radical (unpaired) electrons. The second-order valence-corrected chi connectivity index (χ2v) is 3.16. The lowest BCUT2D eigenvalue weighted by Crippen LogP contribution is -2.12. The van der Waals surface area contributed by atoms with Crippen molar-refractivity contribution >= 4 is 28.9 Å². The highest BCUT2D eigenvalue weighted by molar-refractivity contribution is 6.42. The third-order valence-corrected chi connectivity index (χ3v) is 2.13. The maximum absolute atomic E-state index is 5.79. The molecule has 0 atom stereocenters. The van der Waals surface area contributed by atoms with E-state index in [1.165, 1.54) is 0 Å². The fourth-order valence-corrected chi connectivity index (χ4v) is 1.12. The Labute approximate surface area is 81.7 Å². The molecule has 0 bridgehead atoms. The zero-order valence-electron chi connectivity index (χ0n) is 6.48. The van der Waals surface area contributed by atoms with Crippen molar-refractivity contribution in [2.45, 2.75) is 0 Å². The fourth-order valence-electron chi connectivity index (χ4n) is 0.823. The lowest BCUT2D eigenvalue weighted by Gasteiger charge is -2.04. The van der Waals surface area contributed by atoms with Crippen LogP contribution in [0.4, 0.5) is 5.69 Å². The van der Waals surface area contributed by atoms with E-state index in [0.29, 0.717) is 16.6 Å². The Hall–Kier alpha value is -0.440. The number of benzene rings is 1. The molecule has 0 amide bonds. The summed E-state index contributed by atoms with van der Waals surface area (Å²) in [7, 11) is 0. The second kappa shape index (κ2) is 4.55. The standard InChI is InChI=1S/C8H10Cl2N2/c9-7-2-1-6(5-8(7)10)12-4-3-11/h1-2,5,12H,3-4,11H2. The Morgan fingerprint density at radius 1 is 1.25 bits per heavy atom. The maximum Gasteiger partial charge on any atom is 0.0612 e. The van der Waals surface area contributed by atoms with Gasteiger partial charge in [0.25, 0.3) is 0 Å². The van der Waals surface area contributed by atoms with Gasteiger partial charge in [0.15, 0.2) is 0 Å². The zero-order chi connectivity index (χ0) is 8.97.